The second-order valence-electron chi connectivity index (χ2n) is 9.70. The molecule has 0 heterocycles. The van der Waals surface area contributed by atoms with Gasteiger partial charge in [0.2, 0.25) is 0 Å². The number of benzene rings is 1. The summed E-state index contributed by atoms with van der Waals surface area (Å²) in [5.74, 6) is -1.07. The molecule has 1 aromatic carbocycles. The molecule has 0 bridgehead atoms. The van der Waals surface area contributed by atoms with Crippen LogP contribution in [0.1, 0.15) is 91.0 Å². The van der Waals surface area contributed by atoms with E-state index in [0.717, 1.165) is 32.1 Å². The lowest BCUT2D eigenvalue weighted by Gasteiger charge is -2.18. The van der Waals surface area contributed by atoms with Crippen LogP contribution in [0.2, 0.25) is 0 Å². The highest BCUT2D eigenvalue weighted by Gasteiger charge is 2.21. The van der Waals surface area contributed by atoms with Gasteiger partial charge >= 0.3 is 23.9 Å². The highest BCUT2D eigenvalue weighted by molar-refractivity contribution is 5.77. The molecule has 0 fully saturated rings. The quantitative estimate of drug-likeness (QED) is 0.150. The number of methoxy groups -OCH3 is 1. The van der Waals surface area contributed by atoms with Crippen LogP contribution < -0.4 is 14.8 Å². The molecule has 1 atom stereocenters. The molecular formula is C29H45NO8. The minimum absolute atomic E-state index is 0.118. The summed E-state index contributed by atoms with van der Waals surface area (Å²) in [7, 11) is 1.30. The van der Waals surface area contributed by atoms with Crippen LogP contribution in [-0.2, 0) is 35.1 Å². The average Bonchev–Trinajstić information content (AvgIpc) is 2.86. The topological polar surface area (TPSA) is 117 Å². The highest BCUT2D eigenvalue weighted by Crippen LogP contribution is 2.30. The zero-order valence-corrected chi connectivity index (χ0v) is 23.6. The lowest BCUT2D eigenvalue weighted by atomic mass is 10.0. The zero-order valence-electron chi connectivity index (χ0n) is 23.6. The van der Waals surface area contributed by atoms with Gasteiger partial charge in [0.1, 0.15) is 12.6 Å². The first-order valence-electron chi connectivity index (χ1n) is 13.7. The molecule has 0 aliphatic rings. The van der Waals surface area contributed by atoms with Crippen molar-refractivity contribution in [2.45, 2.75) is 97.9 Å². The Hall–Kier alpha value is -2.94. The number of carbonyl (C=O) groups is 4. The molecule has 0 aliphatic heterocycles. The van der Waals surface area contributed by atoms with E-state index in [2.05, 4.69) is 12.2 Å². The van der Waals surface area contributed by atoms with Gasteiger partial charge in [0.25, 0.3) is 0 Å². The Kier molecular flexibility index (Phi) is 16.7. The van der Waals surface area contributed by atoms with Crippen molar-refractivity contribution >= 4 is 23.9 Å². The molecule has 9 nitrogen and oxygen atoms in total. The Balaban J connectivity index is 2.95. The summed E-state index contributed by atoms with van der Waals surface area (Å²) < 4.78 is 21.2. The van der Waals surface area contributed by atoms with Gasteiger partial charge in [-0.25, -0.2) is 0 Å². The fraction of sp³-hybridized carbons (Fsp3) is 0.655. The van der Waals surface area contributed by atoms with E-state index in [1.54, 1.807) is 18.2 Å². The van der Waals surface area contributed by atoms with E-state index in [1.807, 2.05) is 20.8 Å². The monoisotopic (exact) mass is 535 g/mol. The van der Waals surface area contributed by atoms with Gasteiger partial charge in [-0.3, -0.25) is 19.2 Å². The maximum Gasteiger partial charge on any atom is 0.323 e. The molecule has 9 heteroatoms. The summed E-state index contributed by atoms with van der Waals surface area (Å²) in [5.41, 5.74) is 0.673. The van der Waals surface area contributed by atoms with Crippen molar-refractivity contribution in [2.24, 2.45) is 5.92 Å². The fourth-order valence-corrected chi connectivity index (χ4v) is 3.64. The van der Waals surface area contributed by atoms with E-state index in [1.165, 1.54) is 7.11 Å². The van der Waals surface area contributed by atoms with Crippen LogP contribution in [0.3, 0.4) is 0 Å². The lowest BCUT2D eigenvalue weighted by molar-refractivity contribution is -0.144. The van der Waals surface area contributed by atoms with Crippen molar-refractivity contribution in [1.82, 2.24) is 5.32 Å². The van der Waals surface area contributed by atoms with Crippen LogP contribution in [0.5, 0.6) is 11.5 Å². The van der Waals surface area contributed by atoms with E-state index >= 15 is 0 Å². The van der Waals surface area contributed by atoms with Crippen LogP contribution >= 0.6 is 0 Å². The summed E-state index contributed by atoms with van der Waals surface area (Å²) >= 11 is 0. The summed E-state index contributed by atoms with van der Waals surface area (Å²) in [6.07, 6.45) is 6.30. The molecule has 0 aromatic heterocycles. The number of nitrogens with one attached hydrogen (secondary N) is 1. The maximum atomic E-state index is 12.4. The molecule has 214 valence electrons. The van der Waals surface area contributed by atoms with Gasteiger partial charge in [-0.1, -0.05) is 59.4 Å². The average molecular weight is 536 g/mol. The first kappa shape index (κ1) is 33.1. The SMILES string of the molecule is CCCCCC(=O)Oc1ccc(C[C@H](NCCOC(=O)CC(C)C)C(=O)OC)cc1OC(=O)CCCCC. The number of rotatable bonds is 19. The second-order valence-corrected chi connectivity index (χ2v) is 9.70. The first-order chi connectivity index (χ1) is 18.2. The minimum Gasteiger partial charge on any atom is -0.468 e. The van der Waals surface area contributed by atoms with Crippen molar-refractivity contribution in [3.8, 4) is 11.5 Å². The van der Waals surface area contributed by atoms with Gasteiger partial charge in [-0.2, -0.15) is 0 Å². The Morgan fingerprint density at radius 3 is 2.00 bits per heavy atom. The smallest absolute Gasteiger partial charge is 0.323 e. The lowest BCUT2D eigenvalue weighted by Crippen LogP contribution is -2.41. The van der Waals surface area contributed by atoms with Crippen LogP contribution in [0, 0.1) is 5.92 Å². The van der Waals surface area contributed by atoms with Crippen LogP contribution in [0.4, 0.5) is 0 Å². The molecule has 1 rings (SSSR count). The van der Waals surface area contributed by atoms with Gasteiger partial charge in [-0.05, 0) is 42.9 Å². The first-order valence-corrected chi connectivity index (χ1v) is 13.7. The van der Waals surface area contributed by atoms with Crippen LogP contribution in [0.25, 0.3) is 0 Å². The molecule has 0 saturated carbocycles. The molecule has 1 N–H and O–H groups in total. The summed E-state index contributed by atoms with van der Waals surface area (Å²) in [6.45, 7) is 8.34. The number of hydrogen-bond acceptors (Lipinski definition) is 9. The maximum absolute atomic E-state index is 12.4. The largest absolute Gasteiger partial charge is 0.468 e. The van der Waals surface area contributed by atoms with Crippen molar-refractivity contribution < 1.29 is 38.1 Å². The van der Waals surface area contributed by atoms with Crippen molar-refractivity contribution in [2.75, 3.05) is 20.3 Å². The molecule has 0 aliphatic carbocycles. The fourth-order valence-electron chi connectivity index (χ4n) is 3.64. The van der Waals surface area contributed by atoms with Gasteiger partial charge < -0.3 is 24.3 Å². The highest BCUT2D eigenvalue weighted by atomic mass is 16.6. The number of esters is 4. The van der Waals surface area contributed by atoms with Crippen LogP contribution in [-0.4, -0.2) is 50.2 Å². The van der Waals surface area contributed by atoms with Crippen LogP contribution in [0.15, 0.2) is 18.2 Å². The van der Waals surface area contributed by atoms with Crippen molar-refractivity contribution in [3.05, 3.63) is 23.8 Å². The third kappa shape index (κ3) is 14.1. The minimum atomic E-state index is -0.723. The normalized spacial score (nSPS) is 11.6. The van der Waals surface area contributed by atoms with Gasteiger partial charge in [-0.15, -0.1) is 0 Å². The Morgan fingerprint density at radius 1 is 0.842 bits per heavy atom. The molecule has 0 unspecified atom stereocenters. The predicted molar refractivity (Wildman–Crippen MR) is 144 cm³/mol. The summed E-state index contributed by atoms with van der Waals surface area (Å²) in [5, 5.41) is 3.05. The van der Waals surface area contributed by atoms with Crippen molar-refractivity contribution in [1.29, 1.82) is 0 Å². The summed E-state index contributed by atoms with van der Waals surface area (Å²) in [4.78, 5) is 48.9. The molecule has 0 radical (unpaired) electrons. The van der Waals surface area contributed by atoms with Gasteiger partial charge in [0.05, 0.1) is 7.11 Å². The number of carbonyl (C=O) groups excluding carboxylic acids is 4. The van der Waals surface area contributed by atoms with E-state index in [0.29, 0.717) is 18.4 Å². The molecule has 1 aromatic rings. The standard InChI is InChI=1S/C29H45NO8/c1-6-8-10-12-26(31)37-24-15-14-22(20-25(24)38-27(32)13-11-9-7-2)19-23(29(34)35-5)30-16-17-36-28(33)18-21(3)4/h14-15,20-21,23,30H,6-13,16-19H2,1-5H3/t23-/m0/s1. The summed E-state index contributed by atoms with van der Waals surface area (Å²) in [6, 6.07) is 4.17. The van der Waals surface area contributed by atoms with E-state index in [-0.39, 0.29) is 55.8 Å². The molecule has 0 saturated heterocycles. The number of hydrogen-bond donors (Lipinski definition) is 1. The van der Waals surface area contributed by atoms with E-state index in [4.69, 9.17) is 18.9 Å². The zero-order chi connectivity index (χ0) is 28.3. The molecule has 0 amide bonds. The van der Waals surface area contributed by atoms with E-state index in [9.17, 15) is 19.2 Å². The third-order valence-electron chi connectivity index (χ3n) is 5.68. The number of unbranched alkanes of at least 4 members (excludes halogenated alkanes) is 4. The third-order valence-corrected chi connectivity index (χ3v) is 5.68. The molecule has 0 spiro atoms. The van der Waals surface area contributed by atoms with Gasteiger partial charge in [0.15, 0.2) is 11.5 Å². The van der Waals surface area contributed by atoms with Gasteiger partial charge in [0, 0.05) is 25.8 Å². The second kappa shape index (κ2) is 19.2. The molecular weight excluding hydrogens is 490 g/mol. The molecule has 38 heavy (non-hydrogen) atoms. The Bertz CT molecular complexity index is 883. The van der Waals surface area contributed by atoms with E-state index < -0.39 is 23.9 Å². The Morgan fingerprint density at radius 2 is 1.45 bits per heavy atom. The Labute approximate surface area is 226 Å². The predicted octanol–water partition coefficient (Wildman–Crippen LogP) is 4.92. The van der Waals surface area contributed by atoms with Crippen molar-refractivity contribution in [3.63, 3.8) is 0 Å². The number of ether oxygens (including phenoxy) is 4.